The third-order valence-electron chi connectivity index (χ3n) is 4.53. The molecular weight excluding hydrogens is 262 g/mol. The number of nitrogens with zero attached hydrogens (tertiary/aromatic N) is 3. The van der Waals surface area contributed by atoms with Crippen molar-refractivity contribution in [3.8, 4) is 0 Å². The van der Waals surface area contributed by atoms with Crippen LogP contribution >= 0.6 is 0 Å². The second-order valence-electron chi connectivity index (χ2n) is 6.30. The minimum absolute atomic E-state index is 0.607. The van der Waals surface area contributed by atoms with Gasteiger partial charge in [0.2, 0.25) is 0 Å². The van der Waals surface area contributed by atoms with Gasteiger partial charge in [0.15, 0.2) is 6.29 Å². The van der Waals surface area contributed by atoms with Crippen molar-refractivity contribution in [1.82, 2.24) is 14.3 Å². The van der Waals surface area contributed by atoms with Crippen LogP contribution in [-0.2, 0) is 6.42 Å². The zero-order valence-electron chi connectivity index (χ0n) is 12.8. The number of hydrogen-bond acceptors (Lipinski definition) is 3. The van der Waals surface area contributed by atoms with Gasteiger partial charge in [-0.3, -0.25) is 9.20 Å². The Kier molecular flexibility index (Phi) is 4.06. The van der Waals surface area contributed by atoms with Crippen LogP contribution in [0.4, 0.5) is 0 Å². The zero-order valence-corrected chi connectivity index (χ0v) is 12.8. The molecule has 3 heterocycles. The van der Waals surface area contributed by atoms with Crippen molar-refractivity contribution in [2.45, 2.75) is 39.2 Å². The van der Waals surface area contributed by atoms with E-state index in [9.17, 15) is 4.79 Å². The van der Waals surface area contributed by atoms with Crippen molar-refractivity contribution in [2.75, 3.05) is 13.1 Å². The smallest absolute Gasteiger partial charge is 0.166 e. The van der Waals surface area contributed by atoms with Crippen molar-refractivity contribution in [3.05, 3.63) is 35.9 Å². The molecule has 2 aromatic heterocycles. The van der Waals surface area contributed by atoms with Crippen LogP contribution in [0, 0.1) is 5.92 Å². The number of rotatable bonds is 4. The number of pyridine rings is 1. The Morgan fingerprint density at radius 3 is 3.05 bits per heavy atom. The number of aromatic nitrogens is 2. The number of carbonyl (C=O) groups excluding carboxylic acids is 1. The molecule has 3 rings (SSSR count). The second-order valence-corrected chi connectivity index (χ2v) is 6.30. The van der Waals surface area contributed by atoms with E-state index in [-0.39, 0.29) is 0 Å². The van der Waals surface area contributed by atoms with Crippen LogP contribution in [0.5, 0.6) is 0 Å². The SMILES string of the molecule is CC(C)N1CCCC(Cc2ncc3cccc(C=O)n23)C1. The minimum atomic E-state index is 0.607. The van der Waals surface area contributed by atoms with E-state index in [1.54, 1.807) is 0 Å². The quantitative estimate of drug-likeness (QED) is 0.811. The molecule has 1 aliphatic rings. The van der Waals surface area contributed by atoms with E-state index in [4.69, 9.17) is 0 Å². The third-order valence-corrected chi connectivity index (χ3v) is 4.53. The highest BCUT2D eigenvalue weighted by Gasteiger charge is 2.23. The van der Waals surface area contributed by atoms with E-state index < -0.39 is 0 Å². The fourth-order valence-electron chi connectivity index (χ4n) is 3.37. The molecule has 1 fully saturated rings. The van der Waals surface area contributed by atoms with Crippen molar-refractivity contribution < 1.29 is 4.79 Å². The highest BCUT2D eigenvalue weighted by molar-refractivity contribution is 5.74. The van der Waals surface area contributed by atoms with Crippen LogP contribution < -0.4 is 0 Å². The van der Waals surface area contributed by atoms with E-state index in [1.165, 1.54) is 19.4 Å². The molecule has 0 radical (unpaired) electrons. The van der Waals surface area contributed by atoms with Gasteiger partial charge >= 0.3 is 0 Å². The summed E-state index contributed by atoms with van der Waals surface area (Å²) in [6.45, 7) is 6.86. The van der Waals surface area contributed by atoms with Crippen LogP contribution in [0.3, 0.4) is 0 Å². The Balaban J connectivity index is 1.83. The summed E-state index contributed by atoms with van der Waals surface area (Å²) in [6.07, 6.45) is 6.24. The lowest BCUT2D eigenvalue weighted by Gasteiger charge is -2.35. The molecule has 4 heteroatoms. The van der Waals surface area contributed by atoms with Crippen LogP contribution in [0.1, 0.15) is 43.0 Å². The Hall–Kier alpha value is -1.68. The van der Waals surface area contributed by atoms with Crippen LogP contribution in [0.15, 0.2) is 24.4 Å². The lowest BCUT2D eigenvalue weighted by Crippen LogP contribution is -2.40. The van der Waals surface area contributed by atoms with Crippen LogP contribution in [-0.4, -0.2) is 39.7 Å². The number of piperidine rings is 1. The number of aldehydes is 1. The predicted octanol–water partition coefficient (Wildman–Crippen LogP) is 2.81. The molecule has 21 heavy (non-hydrogen) atoms. The molecule has 112 valence electrons. The predicted molar refractivity (Wildman–Crippen MR) is 83.7 cm³/mol. The molecule has 2 aromatic rings. The largest absolute Gasteiger partial charge is 0.301 e. The third kappa shape index (κ3) is 2.86. The number of carbonyl (C=O) groups is 1. The van der Waals surface area contributed by atoms with Gasteiger partial charge < -0.3 is 4.90 Å². The summed E-state index contributed by atoms with van der Waals surface area (Å²) in [5, 5.41) is 0. The first-order valence-electron chi connectivity index (χ1n) is 7.83. The Morgan fingerprint density at radius 2 is 2.29 bits per heavy atom. The summed E-state index contributed by atoms with van der Waals surface area (Å²) in [5.74, 6) is 1.65. The maximum absolute atomic E-state index is 11.2. The summed E-state index contributed by atoms with van der Waals surface area (Å²) in [7, 11) is 0. The van der Waals surface area contributed by atoms with Crippen molar-refractivity contribution in [1.29, 1.82) is 0 Å². The van der Waals surface area contributed by atoms with Gasteiger partial charge in [0.25, 0.3) is 0 Å². The van der Waals surface area contributed by atoms with E-state index >= 15 is 0 Å². The summed E-state index contributed by atoms with van der Waals surface area (Å²) in [4.78, 5) is 18.3. The standard InChI is InChI=1S/C17H23N3O/c1-13(2)19-8-4-5-14(11-19)9-17-18-10-15-6-3-7-16(12-21)20(15)17/h3,6-7,10,12-14H,4-5,8-9,11H2,1-2H3. The second kappa shape index (κ2) is 5.98. The molecule has 0 amide bonds. The molecule has 1 unspecified atom stereocenters. The molecule has 0 bridgehead atoms. The van der Waals surface area contributed by atoms with E-state index in [0.717, 1.165) is 30.6 Å². The molecule has 0 aromatic carbocycles. The van der Waals surface area contributed by atoms with Crippen molar-refractivity contribution in [2.24, 2.45) is 5.92 Å². The fourth-order valence-corrected chi connectivity index (χ4v) is 3.37. The summed E-state index contributed by atoms with van der Waals surface area (Å²) in [6, 6.07) is 6.37. The van der Waals surface area contributed by atoms with Crippen molar-refractivity contribution in [3.63, 3.8) is 0 Å². The monoisotopic (exact) mass is 285 g/mol. The van der Waals surface area contributed by atoms with Crippen LogP contribution in [0.25, 0.3) is 5.52 Å². The molecule has 0 saturated carbocycles. The van der Waals surface area contributed by atoms with Gasteiger partial charge in [-0.25, -0.2) is 4.98 Å². The lowest BCUT2D eigenvalue weighted by molar-refractivity contribution is 0.111. The highest BCUT2D eigenvalue weighted by atomic mass is 16.1. The van der Waals surface area contributed by atoms with Gasteiger partial charge in [0, 0.05) is 19.0 Å². The number of imidazole rings is 1. The molecule has 1 atom stereocenters. The number of likely N-dealkylation sites (tertiary alicyclic amines) is 1. The molecule has 4 nitrogen and oxygen atoms in total. The maximum atomic E-state index is 11.2. The van der Waals surface area contributed by atoms with Gasteiger partial charge in [-0.05, 0) is 51.3 Å². The maximum Gasteiger partial charge on any atom is 0.166 e. The highest BCUT2D eigenvalue weighted by Crippen LogP contribution is 2.22. The van der Waals surface area contributed by atoms with Gasteiger partial charge in [-0.1, -0.05) is 6.07 Å². The van der Waals surface area contributed by atoms with Gasteiger partial charge in [0.1, 0.15) is 5.82 Å². The summed E-state index contributed by atoms with van der Waals surface area (Å²) < 4.78 is 2.00. The van der Waals surface area contributed by atoms with E-state index in [0.29, 0.717) is 17.7 Å². The summed E-state index contributed by atoms with van der Waals surface area (Å²) in [5.41, 5.74) is 1.70. The first-order chi connectivity index (χ1) is 10.2. The average Bonchev–Trinajstić information content (AvgIpc) is 2.91. The molecule has 0 aliphatic carbocycles. The van der Waals surface area contributed by atoms with Crippen LogP contribution in [0.2, 0.25) is 0 Å². The minimum Gasteiger partial charge on any atom is -0.301 e. The van der Waals surface area contributed by atoms with E-state index in [1.807, 2.05) is 28.8 Å². The van der Waals surface area contributed by atoms with E-state index in [2.05, 4.69) is 23.7 Å². The van der Waals surface area contributed by atoms with Gasteiger partial charge in [-0.15, -0.1) is 0 Å². The molecule has 1 saturated heterocycles. The average molecular weight is 285 g/mol. The molecule has 0 spiro atoms. The first kappa shape index (κ1) is 14.3. The molecular formula is C17H23N3O. The fraction of sp³-hybridized carbons (Fsp3) is 0.529. The number of hydrogen-bond donors (Lipinski definition) is 0. The summed E-state index contributed by atoms with van der Waals surface area (Å²) >= 11 is 0. The molecule has 0 N–H and O–H groups in total. The lowest BCUT2D eigenvalue weighted by atomic mass is 9.93. The van der Waals surface area contributed by atoms with Gasteiger partial charge in [-0.2, -0.15) is 0 Å². The first-order valence-corrected chi connectivity index (χ1v) is 7.83. The normalized spacial score (nSPS) is 20.2. The zero-order chi connectivity index (χ0) is 14.8. The Morgan fingerprint density at radius 1 is 1.43 bits per heavy atom. The Labute approximate surface area is 125 Å². The number of fused-ring (bicyclic) bond motifs is 1. The molecule has 1 aliphatic heterocycles. The Bertz CT molecular complexity index is 632. The van der Waals surface area contributed by atoms with Gasteiger partial charge in [0.05, 0.1) is 17.4 Å². The van der Waals surface area contributed by atoms with Crippen molar-refractivity contribution >= 4 is 11.8 Å². The topological polar surface area (TPSA) is 37.6 Å².